The topological polar surface area (TPSA) is 26.3 Å². The van der Waals surface area contributed by atoms with Gasteiger partial charge in [-0.1, -0.05) is 12.8 Å². The SMILES string of the molecule is CC(C)=COCC1CCCCCS1=O. The van der Waals surface area contributed by atoms with Crippen molar-refractivity contribution in [3.05, 3.63) is 11.8 Å². The van der Waals surface area contributed by atoms with Crippen LogP contribution in [0.2, 0.25) is 0 Å². The molecule has 0 spiro atoms. The summed E-state index contributed by atoms with van der Waals surface area (Å²) in [7, 11) is -0.664. The lowest BCUT2D eigenvalue weighted by Crippen LogP contribution is -2.21. The molecule has 0 bridgehead atoms. The number of hydrogen-bond donors (Lipinski definition) is 0. The Morgan fingerprint density at radius 2 is 2.21 bits per heavy atom. The lowest BCUT2D eigenvalue weighted by molar-refractivity contribution is 0.242. The Bertz CT molecular complexity index is 219. The molecule has 2 atom stereocenters. The average Bonchev–Trinajstić information content (AvgIpc) is 2.31. The van der Waals surface area contributed by atoms with Crippen LogP contribution in [0.4, 0.5) is 0 Å². The monoisotopic (exact) mass is 216 g/mol. The normalized spacial score (nSPS) is 27.9. The Kier molecular flexibility index (Phi) is 5.23. The van der Waals surface area contributed by atoms with Gasteiger partial charge in [-0.2, -0.15) is 0 Å². The minimum atomic E-state index is -0.664. The van der Waals surface area contributed by atoms with E-state index in [2.05, 4.69) is 0 Å². The van der Waals surface area contributed by atoms with Gasteiger partial charge in [0, 0.05) is 16.6 Å². The van der Waals surface area contributed by atoms with Crippen LogP contribution in [0.1, 0.15) is 39.5 Å². The largest absolute Gasteiger partial charge is 0.500 e. The van der Waals surface area contributed by atoms with Gasteiger partial charge in [-0.25, -0.2) is 0 Å². The van der Waals surface area contributed by atoms with Gasteiger partial charge in [0.05, 0.1) is 11.5 Å². The van der Waals surface area contributed by atoms with Crippen molar-refractivity contribution in [3.8, 4) is 0 Å². The highest BCUT2D eigenvalue weighted by atomic mass is 32.2. The van der Waals surface area contributed by atoms with Crippen LogP contribution in [0.5, 0.6) is 0 Å². The molecule has 0 saturated carbocycles. The summed E-state index contributed by atoms with van der Waals surface area (Å²) < 4.78 is 17.1. The van der Waals surface area contributed by atoms with E-state index in [4.69, 9.17) is 4.74 Å². The van der Waals surface area contributed by atoms with Crippen molar-refractivity contribution in [1.29, 1.82) is 0 Å². The summed E-state index contributed by atoms with van der Waals surface area (Å²) in [5, 5.41) is 0.257. The lowest BCUT2D eigenvalue weighted by atomic mass is 10.2. The van der Waals surface area contributed by atoms with E-state index in [1.165, 1.54) is 12.8 Å². The molecule has 3 heteroatoms. The van der Waals surface area contributed by atoms with Gasteiger partial charge in [-0.15, -0.1) is 0 Å². The molecule has 0 aromatic carbocycles. The first-order chi connectivity index (χ1) is 6.70. The average molecular weight is 216 g/mol. The molecular weight excluding hydrogens is 196 g/mol. The number of ether oxygens (including phenoxy) is 1. The molecule has 1 heterocycles. The van der Waals surface area contributed by atoms with Crippen LogP contribution in [-0.2, 0) is 15.5 Å². The van der Waals surface area contributed by atoms with Crippen molar-refractivity contribution < 1.29 is 8.95 Å². The first kappa shape index (κ1) is 11.8. The van der Waals surface area contributed by atoms with E-state index in [0.717, 1.165) is 24.2 Å². The van der Waals surface area contributed by atoms with E-state index in [0.29, 0.717) is 6.61 Å². The van der Waals surface area contributed by atoms with Crippen LogP contribution in [0.3, 0.4) is 0 Å². The molecule has 0 N–H and O–H groups in total. The van der Waals surface area contributed by atoms with Gasteiger partial charge in [-0.05, 0) is 32.3 Å². The smallest absolute Gasteiger partial charge is 0.102 e. The first-order valence-corrected chi connectivity index (χ1v) is 6.70. The molecule has 0 aromatic rings. The Balaban J connectivity index is 2.33. The van der Waals surface area contributed by atoms with E-state index < -0.39 is 10.8 Å². The molecule has 2 unspecified atom stereocenters. The molecule has 82 valence electrons. The molecule has 1 saturated heterocycles. The Hall–Kier alpha value is -0.310. The van der Waals surface area contributed by atoms with Gasteiger partial charge in [0.15, 0.2) is 0 Å². The summed E-state index contributed by atoms with van der Waals surface area (Å²) in [6.07, 6.45) is 6.37. The van der Waals surface area contributed by atoms with Crippen molar-refractivity contribution in [3.63, 3.8) is 0 Å². The minimum absolute atomic E-state index is 0.257. The zero-order chi connectivity index (χ0) is 10.4. The van der Waals surface area contributed by atoms with Crippen LogP contribution in [-0.4, -0.2) is 21.8 Å². The van der Waals surface area contributed by atoms with Crippen LogP contribution in [0.15, 0.2) is 11.8 Å². The maximum Gasteiger partial charge on any atom is 0.102 e. The molecule has 0 aliphatic carbocycles. The van der Waals surface area contributed by atoms with Crippen LogP contribution >= 0.6 is 0 Å². The lowest BCUT2D eigenvalue weighted by Gasteiger charge is -2.12. The second-order valence-corrected chi connectivity index (χ2v) is 5.92. The summed E-state index contributed by atoms with van der Waals surface area (Å²) in [5.41, 5.74) is 1.16. The second-order valence-electron chi connectivity index (χ2n) is 4.08. The Labute approximate surface area is 89.2 Å². The molecule has 1 aliphatic heterocycles. The zero-order valence-electron chi connectivity index (χ0n) is 9.12. The molecule has 0 aromatic heterocycles. The maximum atomic E-state index is 11.7. The van der Waals surface area contributed by atoms with Gasteiger partial charge in [0.2, 0.25) is 0 Å². The van der Waals surface area contributed by atoms with Crippen molar-refractivity contribution in [1.82, 2.24) is 0 Å². The highest BCUT2D eigenvalue weighted by Gasteiger charge is 2.19. The van der Waals surface area contributed by atoms with Gasteiger partial charge < -0.3 is 4.74 Å². The highest BCUT2D eigenvalue weighted by molar-refractivity contribution is 7.85. The summed E-state index contributed by atoms with van der Waals surface area (Å²) in [6, 6.07) is 0. The third kappa shape index (κ3) is 4.27. The molecule has 1 fully saturated rings. The number of rotatable bonds is 3. The number of allylic oxidation sites excluding steroid dienone is 1. The summed E-state index contributed by atoms with van der Waals surface area (Å²) >= 11 is 0. The zero-order valence-corrected chi connectivity index (χ0v) is 9.94. The van der Waals surface area contributed by atoms with Crippen LogP contribution in [0, 0.1) is 0 Å². The fourth-order valence-corrected chi connectivity index (χ4v) is 3.05. The molecule has 14 heavy (non-hydrogen) atoms. The van der Waals surface area contributed by atoms with Gasteiger partial charge >= 0.3 is 0 Å². The quantitative estimate of drug-likeness (QED) is 0.678. The predicted molar refractivity (Wildman–Crippen MR) is 60.6 cm³/mol. The summed E-state index contributed by atoms with van der Waals surface area (Å²) in [6.45, 7) is 4.63. The second kappa shape index (κ2) is 6.23. The van der Waals surface area contributed by atoms with Crippen molar-refractivity contribution in [2.24, 2.45) is 0 Å². The maximum absolute atomic E-state index is 11.7. The van der Waals surface area contributed by atoms with Gasteiger partial charge in [-0.3, -0.25) is 4.21 Å². The Morgan fingerprint density at radius 1 is 1.43 bits per heavy atom. The summed E-state index contributed by atoms with van der Waals surface area (Å²) in [4.78, 5) is 0. The van der Waals surface area contributed by atoms with E-state index >= 15 is 0 Å². The van der Waals surface area contributed by atoms with Gasteiger partial charge in [0.25, 0.3) is 0 Å². The van der Waals surface area contributed by atoms with E-state index in [9.17, 15) is 4.21 Å². The summed E-state index contributed by atoms with van der Waals surface area (Å²) in [5.74, 6) is 0.864. The van der Waals surface area contributed by atoms with Crippen molar-refractivity contribution >= 4 is 10.8 Å². The van der Waals surface area contributed by atoms with Crippen LogP contribution < -0.4 is 0 Å². The molecule has 1 aliphatic rings. The number of hydrogen-bond acceptors (Lipinski definition) is 2. The van der Waals surface area contributed by atoms with Gasteiger partial charge in [0.1, 0.15) is 6.61 Å². The molecule has 2 nitrogen and oxygen atoms in total. The van der Waals surface area contributed by atoms with Crippen LogP contribution in [0.25, 0.3) is 0 Å². The first-order valence-electron chi connectivity index (χ1n) is 5.32. The molecular formula is C11H20O2S. The van der Waals surface area contributed by atoms with Crippen molar-refractivity contribution in [2.45, 2.75) is 44.8 Å². The Morgan fingerprint density at radius 3 is 2.93 bits per heavy atom. The fourth-order valence-electron chi connectivity index (χ4n) is 1.57. The van der Waals surface area contributed by atoms with E-state index in [-0.39, 0.29) is 5.25 Å². The van der Waals surface area contributed by atoms with E-state index in [1.807, 2.05) is 13.8 Å². The fraction of sp³-hybridized carbons (Fsp3) is 0.818. The van der Waals surface area contributed by atoms with Crippen molar-refractivity contribution in [2.75, 3.05) is 12.4 Å². The molecule has 0 amide bonds. The van der Waals surface area contributed by atoms with E-state index in [1.54, 1.807) is 6.26 Å². The predicted octanol–water partition coefficient (Wildman–Crippen LogP) is 2.62. The minimum Gasteiger partial charge on any atom is -0.500 e. The highest BCUT2D eigenvalue weighted by Crippen LogP contribution is 2.16. The third-order valence-corrected chi connectivity index (χ3v) is 4.15. The third-order valence-electron chi connectivity index (χ3n) is 2.34. The standard InChI is InChI=1S/C11H20O2S/c1-10(2)8-13-9-11-6-4-3-5-7-14(11)12/h8,11H,3-7,9H2,1-2H3. The molecule has 0 radical (unpaired) electrons. The molecule has 1 rings (SSSR count).